The first kappa shape index (κ1) is 26.0. The van der Waals surface area contributed by atoms with E-state index in [0.29, 0.717) is 24.0 Å². The maximum atomic E-state index is 12.9. The lowest BCUT2D eigenvalue weighted by Gasteiger charge is -2.23. The van der Waals surface area contributed by atoms with Crippen molar-refractivity contribution in [1.29, 1.82) is 0 Å². The topological polar surface area (TPSA) is 94.8 Å². The first-order valence-electron chi connectivity index (χ1n) is 11.7. The Balaban J connectivity index is 1.82. The van der Waals surface area contributed by atoms with E-state index in [9.17, 15) is 14.4 Å². The van der Waals surface area contributed by atoms with Crippen LogP contribution in [0.5, 0.6) is 5.75 Å². The molecule has 3 rings (SSSR count). The second-order valence-corrected chi connectivity index (χ2v) is 10.1. The van der Waals surface area contributed by atoms with Crippen LogP contribution in [0.15, 0.2) is 57.7 Å². The fraction of sp³-hybridized carbons (Fsp3) is 0.393. The van der Waals surface area contributed by atoms with Crippen molar-refractivity contribution in [2.45, 2.75) is 66.0 Å². The standard InChI is InChI=1S/C28H33NO6/c1-17(2)14-23(29-27(32)35-28(4,5)6)26(31)33-20-12-13-21-18(3)22(25(30)34-24(21)16-20)15-19-10-8-7-9-11-19/h7-13,16-17,23H,14-15H2,1-6H3,(H,29,32). The summed E-state index contributed by atoms with van der Waals surface area (Å²) in [5.41, 5.74) is 1.64. The number of carbonyl (C=O) groups excluding carboxylic acids is 2. The lowest BCUT2D eigenvalue weighted by molar-refractivity contribution is -0.137. The molecule has 0 spiro atoms. The molecule has 2 aromatic carbocycles. The van der Waals surface area contributed by atoms with E-state index in [2.05, 4.69) is 5.32 Å². The second kappa shape index (κ2) is 10.8. The number of amides is 1. The van der Waals surface area contributed by atoms with Gasteiger partial charge in [0.25, 0.3) is 0 Å². The Hall–Kier alpha value is -3.61. The van der Waals surface area contributed by atoms with Crippen molar-refractivity contribution in [3.8, 4) is 5.75 Å². The Morgan fingerprint density at radius 2 is 1.74 bits per heavy atom. The molecule has 0 aliphatic carbocycles. The molecule has 0 aliphatic heterocycles. The van der Waals surface area contributed by atoms with E-state index in [1.165, 1.54) is 6.07 Å². The number of rotatable bonds is 7. The Morgan fingerprint density at radius 3 is 2.37 bits per heavy atom. The molecule has 1 N–H and O–H groups in total. The molecule has 186 valence electrons. The number of nitrogens with one attached hydrogen (secondary N) is 1. The maximum absolute atomic E-state index is 12.9. The van der Waals surface area contributed by atoms with Crippen LogP contribution in [-0.4, -0.2) is 23.7 Å². The van der Waals surface area contributed by atoms with E-state index < -0.39 is 29.3 Å². The zero-order valence-electron chi connectivity index (χ0n) is 21.1. The minimum atomic E-state index is -0.887. The molecular weight excluding hydrogens is 446 g/mol. The highest BCUT2D eigenvalue weighted by Crippen LogP contribution is 2.26. The van der Waals surface area contributed by atoms with Crippen molar-refractivity contribution in [2.75, 3.05) is 0 Å². The smallest absolute Gasteiger partial charge is 0.408 e. The summed E-state index contributed by atoms with van der Waals surface area (Å²) in [6, 6.07) is 13.8. The molecule has 0 aliphatic rings. The van der Waals surface area contributed by atoms with E-state index in [-0.39, 0.29) is 11.7 Å². The lowest BCUT2D eigenvalue weighted by Crippen LogP contribution is -2.45. The molecule has 1 heterocycles. The van der Waals surface area contributed by atoms with Gasteiger partial charge in [-0.1, -0.05) is 44.2 Å². The summed E-state index contributed by atoms with van der Waals surface area (Å²) in [5.74, 6) is -0.271. The van der Waals surface area contributed by atoms with Gasteiger partial charge in [-0.3, -0.25) is 0 Å². The van der Waals surface area contributed by atoms with Gasteiger partial charge in [0.1, 0.15) is 23.0 Å². The molecule has 0 radical (unpaired) electrons. The Morgan fingerprint density at radius 1 is 1.06 bits per heavy atom. The minimum Gasteiger partial charge on any atom is -0.444 e. The lowest BCUT2D eigenvalue weighted by atomic mass is 9.99. The highest BCUT2D eigenvalue weighted by atomic mass is 16.6. The summed E-state index contributed by atoms with van der Waals surface area (Å²) in [7, 11) is 0. The molecule has 0 bridgehead atoms. The van der Waals surface area contributed by atoms with Crippen molar-refractivity contribution < 1.29 is 23.5 Å². The van der Waals surface area contributed by atoms with Gasteiger partial charge in [-0.2, -0.15) is 0 Å². The highest BCUT2D eigenvalue weighted by Gasteiger charge is 2.27. The molecule has 1 amide bonds. The van der Waals surface area contributed by atoms with Gasteiger partial charge >= 0.3 is 17.7 Å². The third-order valence-electron chi connectivity index (χ3n) is 5.38. The molecule has 3 aromatic rings. The van der Waals surface area contributed by atoms with Gasteiger partial charge in [0, 0.05) is 23.4 Å². The van der Waals surface area contributed by atoms with Gasteiger partial charge in [0.2, 0.25) is 0 Å². The summed E-state index contributed by atoms with van der Waals surface area (Å²) in [6.07, 6.45) is 0.156. The summed E-state index contributed by atoms with van der Waals surface area (Å²) in [6.45, 7) is 11.0. The van der Waals surface area contributed by atoms with Crippen LogP contribution in [0.2, 0.25) is 0 Å². The van der Waals surface area contributed by atoms with Crippen molar-refractivity contribution >= 4 is 23.0 Å². The Labute approximate surface area is 205 Å². The molecular formula is C28H33NO6. The average Bonchev–Trinajstić information content (AvgIpc) is 2.75. The number of hydrogen-bond donors (Lipinski definition) is 1. The van der Waals surface area contributed by atoms with Gasteiger partial charge in [-0.15, -0.1) is 0 Å². The highest BCUT2D eigenvalue weighted by molar-refractivity contribution is 5.86. The van der Waals surface area contributed by atoms with Crippen LogP contribution in [0.25, 0.3) is 11.0 Å². The van der Waals surface area contributed by atoms with Gasteiger partial charge in [0.15, 0.2) is 0 Å². The van der Waals surface area contributed by atoms with Crippen LogP contribution in [0.4, 0.5) is 4.79 Å². The first-order chi connectivity index (χ1) is 16.4. The van der Waals surface area contributed by atoms with Crippen LogP contribution >= 0.6 is 0 Å². The van der Waals surface area contributed by atoms with Gasteiger partial charge in [0.05, 0.1) is 0 Å². The number of aryl methyl sites for hydroxylation is 1. The molecule has 1 aromatic heterocycles. The average molecular weight is 480 g/mol. The Bertz CT molecular complexity index is 1250. The SMILES string of the molecule is Cc1c(Cc2ccccc2)c(=O)oc2cc(OC(=O)C(CC(C)C)NC(=O)OC(C)(C)C)ccc12. The van der Waals surface area contributed by atoms with E-state index in [1.54, 1.807) is 32.9 Å². The number of carbonyl (C=O) groups is 2. The predicted octanol–water partition coefficient (Wildman–Crippen LogP) is 5.54. The number of fused-ring (bicyclic) bond motifs is 1. The molecule has 7 nitrogen and oxygen atoms in total. The van der Waals surface area contributed by atoms with Crippen LogP contribution in [0.1, 0.15) is 57.7 Å². The molecule has 1 atom stereocenters. The van der Waals surface area contributed by atoms with Crippen LogP contribution in [0.3, 0.4) is 0 Å². The normalized spacial score (nSPS) is 12.4. The summed E-state index contributed by atoms with van der Waals surface area (Å²) in [5, 5.41) is 3.37. The van der Waals surface area contributed by atoms with Crippen molar-refractivity contribution in [1.82, 2.24) is 5.32 Å². The number of hydrogen-bond acceptors (Lipinski definition) is 6. The fourth-order valence-electron chi connectivity index (χ4n) is 3.76. The summed E-state index contributed by atoms with van der Waals surface area (Å²) < 4.78 is 16.4. The summed E-state index contributed by atoms with van der Waals surface area (Å²) >= 11 is 0. The monoisotopic (exact) mass is 479 g/mol. The van der Waals surface area contributed by atoms with E-state index in [1.807, 2.05) is 51.1 Å². The van der Waals surface area contributed by atoms with Crippen molar-refractivity contribution in [3.05, 3.63) is 75.6 Å². The quantitative estimate of drug-likeness (QED) is 0.272. The van der Waals surface area contributed by atoms with Gasteiger partial charge in [-0.25, -0.2) is 14.4 Å². The van der Waals surface area contributed by atoms with Crippen LogP contribution in [0, 0.1) is 12.8 Å². The Kier molecular flexibility index (Phi) is 7.99. The van der Waals surface area contributed by atoms with Gasteiger partial charge < -0.3 is 19.2 Å². The van der Waals surface area contributed by atoms with Crippen molar-refractivity contribution in [2.24, 2.45) is 5.92 Å². The molecule has 0 saturated carbocycles. The molecule has 35 heavy (non-hydrogen) atoms. The molecule has 7 heteroatoms. The zero-order chi connectivity index (χ0) is 25.8. The van der Waals surface area contributed by atoms with Crippen LogP contribution in [-0.2, 0) is 16.0 Å². The van der Waals surface area contributed by atoms with E-state index in [4.69, 9.17) is 13.9 Å². The second-order valence-electron chi connectivity index (χ2n) is 10.1. The largest absolute Gasteiger partial charge is 0.444 e. The zero-order valence-corrected chi connectivity index (χ0v) is 21.1. The molecule has 0 saturated heterocycles. The van der Waals surface area contributed by atoms with Crippen molar-refractivity contribution in [3.63, 3.8) is 0 Å². The van der Waals surface area contributed by atoms with Gasteiger partial charge in [-0.05, 0) is 63.3 Å². The summed E-state index contributed by atoms with van der Waals surface area (Å²) in [4.78, 5) is 37.8. The maximum Gasteiger partial charge on any atom is 0.408 e. The van der Waals surface area contributed by atoms with Crippen LogP contribution < -0.4 is 15.7 Å². The van der Waals surface area contributed by atoms with E-state index >= 15 is 0 Å². The third-order valence-corrected chi connectivity index (χ3v) is 5.38. The number of esters is 1. The molecule has 0 fully saturated rings. The predicted molar refractivity (Wildman–Crippen MR) is 135 cm³/mol. The first-order valence-corrected chi connectivity index (χ1v) is 11.7. The minimum absolute atomic E-state index is 0.128. The fourth-order valence-corrected chi connectivity index (χ4v) is 3.76. The third kappa shape index (κ3) is 7.18. The number of ether oxygens (including phenoxy) is 2. The molecule has 1 unspecified atom stereocenters. The van der Waals surface area contributed by atoms with E-state index in [0.717, 1.165) is 16.5 Å². The number of alkyl carbamates (subject to hydrolysis) is 1. The number of benzene rings is 2.